The molecule has 0 spiro atoms. The number of ether oxygens (including phenoxy) is 1. The number of carbonyl (C=O) groups is 2. The molecule has 0 heterocycles. The fourth-order valence-electron chi connectivity index (χ4n) is 2.87. The van der Waals surface area contributed by atoms with Crippen molar-refractivity contribution < 1.29 is 19.4 Å². The van der Waals surface area contributed by atoms with Gasteiger partial charge in [0.05, 0.1) is 11.8 Å². The van der Waals surface area contributed by atoms with Crippen LogP contribution in [0.5, 0.6) is 0 Å². The van der Waals surface area contributed by atoms with E-state index in [2.05, 4.69) is 0 Å². The molecule has 4 nitrogen and oxygen atoms in total. The van der Waals surface area contributed by atoms with Gasteiger partial charge in [0.1, 0.15) is 5.60 Å². The number of carbonyl (C=O) groups excluding carboxylic acids is 1. The molecule has 0 saturated carbocycles. The summed E-state index contributed by atoms with van der Waals surface area (Å²) < 4.78 is 5.36. The van der Waals surface area contributed by atoms with Crippen LogP contribution in [0, 0.1) is 11.3 Å². The van der Waals surface area contributed by atoms with Gasteiger partial charge in [-0.3, -0.25) is 9.59 Å². The van der Waals surface area contributed by atoms with Gasteiger partial charge in [-0.1, -0.05) is 44.2 Å². The summed E-state index contributed by atoms with van der Waals surface area (Å²) in [5.74, 6) is -1.24. The van der Waals surface area contributed by atoms with Crippen LogP contribution in [-0.2, 0) is 20.7 Å². The number of carboxylic acid groups (broad SMARTS) is 1. The molecule has 0 radical (unpaired) electrons. The molecule has 0 amide bonds. The van der Waals surface area contributed by atoms with Crippen LogP contribution >= 0.6 is 0 Å². The van der Waals surface area contributed by atoms with Gasteiger partial charge in [0.15, 0.2) is 0 Å². The minimum absolute atomic E-state index is 0.118. The first-order valence-electron chi connectivity index (χ1n) is 8.03. The number of rotatable bonds is 7. The van der Waals surface area contributed by atoms with Crippen molar-refractivity contribution in [2.45, 2.75) is 59.5 Å². The predicted molar refractivity (Wildman–Crippen MR) is 90.1 cm³/mol. The molecule has 4 heteroatoms. The molecule has 0 aliphatic rings. The number of hydrogen-bond acceptors (Lipinski definition) is 3. The minimum atomic E-state index is -1.14. The number of carboxylic acids is 1. The lowest BCUT2D eigenvalue weighted by atomic mass is 9.73. The van der Waals surface area contributed by atoms with Crippen molar-refractivity contribution in [3.05, 3.63) is 35.9 Å². The van der Waals surface area contributed by atoms with Gasteiger partial charge in [-0.15, -0.1) is 0 Å². The van der Waals surface area contributed by atoms with Crippen molar-refractivity contribution in [3.8, 4) is 0 Å². The Morgan fingerprint density at radius 1 is 1.13 bits per heavy atom. The zero-order valence-electron chi connectivity index (χ0n) is 14.8. The lowest BCUT2D eigenvalue weighted by Crippen LogP contribution is -2.39. The molecule has 0 saturated heterocycles. The second-order valence-electron chi connectivity index (χ2n) is 7.61. The number of esters is 1. The highest BCUT2D eigenvalue weighted by atomic mass is 16.6. The molecule has 1 aromatic rings. The highest BCUT2D eigenvalue weighted by Gasteiger charge is 2.42. The Kier molecular flexibility index (Phi) is 6.37. The van der Waals surface area contributed by atoms with Crippen LogP contribution in [-0.4, -0.2) is 22.6 Å². The summed E-state index contributed by atoms with van der Waals surface area (Å²) in [6.45, 7) is 9.29. The Balaban J connectivity index is 3.08. The monoisotopic (exact) mass is 320 g/mol. The first-order valence-corrected chi connectivity index (χ1v) is 8.03. The topological polar surface area (TPSA) is 63.6 Å². The van der Waals surface area contributed by atoms with E-state index in [1.54, 1.807) is 20.8 Å². The summed E-state index contributed by atoms with van der Waals surface area (Å²) in [5, 5.41) is 9.87. The van der Waals surface area contributed by atoms with E-state index in [1.165, 1.54) is 0 Å². The smallest absolute Gasteiger partial charge is 0.310 e. The Hall–Kier alpha value is -1.84. The molecule has 1 rings (SSSR count). The summed E-state index contributed by atoms with van der Waals surface area (Å²) in [7, 11) is 0. The van der Waals surface area contributed by atoms with Gasteiger partial charge in [0.25, 0.3) is 0 Å². The zero-order chi connectivity index (χ0) is 17.7. The van der Waals surface area contributed by atoms with Crippen molar-refractivity contribution in [2.75, 3.05) is 0 Å². The molecule has 1 N–H and O–H groups in total. The van der Waals surface area contributed by atoms with Crippen molar-refractivity contribution in [2.24, 2.45) is 11.3 Å². The van der Waals surface area contributed by atoms with Gasteiger partial charge < -0.3 is 9.84 Å². The van der Waals surface area contributed by atoms with E-state index in [4.69, 9.17) is 4.74 Å². The molecule has 0 aromatic heterocycles. The second kappa shape index (κ2) is 7.62. The molecular formula is C19H28O4. The predicted octanol–water partition coefficient (Wildman–Crippen LogP) is 4.08. The van der Waals surface area contributed by atoms with Crippen molar-refractivity contribution >= 4 is 11.9 Å². The summed E-state index contributed by atoms with van der Waals surface area (Å²) in [6, 6.07) is 9.44. The largest absolute Gasteiger partial charge is 0.481 e. The molecule has 0 fully saturated rings. The SMILES string of the molecule is CC(C)C[C@](CC(=O)OC(C)(C)C)(Cc1ccccc1)C(=O)O. The lowest BCUT2D eigenvalue weighted by Gasteiger charge is -2.32. The highest BCUT2D eigenvalue weighted by Crippen LogP contribution is 2.36. The van der Waals surface area contributed by atoms with E-state index in [0.29, 0.717) is 12.8 Å². The normalized spacial score (nSPS) is 14.3. The van der Waals surface area contributed by atoms with E-state index >= 15 is 0 Å². The molecule has 0 bridgehead atoms. The van der Waals surface area contributed by atoms with E-state index in [9.17, 15) is 14.7 Å². The maximum atomic E-state index is 12.3. The first kappa shape index (κ1) is 19.2. The third kappa shape index (κ3) is 6.43. The Bertz CT molecular complexity index is 528. The molecule has 1 atom stereocenters. The van der Waals surface area contributed by atoms with Crippen LogP contribution in [0.3, 0.4) is 0 Å². The molecule has 23 heavy (non-hydrogen) atoms. The summed E-state index contributed by atoms with van der Waals surface area (Å²) >= 11 is 0. The summed E-state index contributed by atoms with van der Waals surface area (Å²) in [6.07, 6.45) is 0.629. The standard InChI is InChI=1S/C19H28O4/c1-14(2)11-19(17(21)22,12-15-9-7-6-8-10-15)13-16(20)23-18(3,4)5/h6-10,14H,11-13H2,1-5H3,(H,21,22)/t19-/m1/s1. The maximum absolute atomic E-state index is 12.3. The molecule has 0 unspecified atom stereocenters. The van der Waals surface area contributed by atoms with Crippen molar-refractivity contribution in [1.82, 2.24) is 0 Å². The molecule has 128 valence electrons. The maximum Gasteiger partial charge on any atom is 0.310 e. The average Bonchev–Trinajstić information content (AvgIpc) is 2.36. The van der Waals surface area contributed by atoms with Crippen LogP contribution in [0.1, 0.15) is 53.0 Å². The summed E-state index contributed by atoms with van der Waals surface area (Å²) in [5.41, 5.74) is -0.844. The van der Waals surface area contributed by atoms with Crippen molar-refractivity contribution in [3.63, 3.8) is 0 Å². The van der Waals surface area contributed by atoms with Crippen LogP contribution in [0.15, 0.2) is 30.3 Å². The third-order valence-corrected chi connectivity index (χ3v) is 3.54. The van der Waals surface area contributed by atoms with Gasteiger partial charge in [-0.05, 0) is 45.1 Å². The van der Waals surface area contributed by atoms with Gasteiger partial charge in [-0.25, -0.2) is 0 Å². The average molecular weight is 320 g/mol. The fraction of sp³-hybridized carbons (Fsp3) is 0.579. The zero-order valence-corrected chi connectivity index (χ0v) is 14.8. The molecule has 0 aliphatic heterocycles. The van der Waals surface area contributed by atoms with Crippen molar-refractivity contribution in [1.29, 1.82) is 0 Å². The molecular weight excluding hydrogens is 292 g/mol. The number of aliphatic carboxylic acids is 1. The van der Waals surface area contributed by atoms with E-state index in [-0.39, 0.29) is 12.3 Å². The van der Waals surface area contributed by atoms with E-state index in [1.807, 2.05) is 44.2 Å². The van der Waals surface area contributed by atoms with Gasteiger partial charge >= 0.3 is 11.9 Å². The fourth-order valence-corrected chi connectivity index (χ4v) is 2.87. The van der Waals surface area contributed by atoms with Crippen LogP contribution in [0.25, 0.3) is 0 Å². The van der Waals surface area contributed by atoms with Gasteiger partial charge in [0.2, 0.25) is 0 Å². The lowest BCUT2D eigenvalue weighted by molar-refractivity contribution is -0.165. The highest BCUT2D eigenvalue weighted by molar-refractivity contribution is 5.82. The quantitative estimate of drug-likeness (QED) is 0.769. The molecule has 0 aliphatic carbocycles. The Morgan fingerprint density at radius 3 is 2.13 bits per heavy atom. The van der Waals surface area contributed by atoms with Gasteiger partial charge in [0, 0.05) is 0 Å². The van der Waals surface area contributed by atoms with Crippen LogP contribution in [0.4, 0.5) is 0 Å². The Morgan fingerprint density at radius 2 is 1.70 bits per heavy atom. The Labute approximate surface area is 138 Å². The minimum Gasteiger partial charge on any atom is -0.481 e. The number of hydrogen-bond donors (Lipinski definition) is 1. The summed E-state index contributed by atoms with van der Waals surface area (Å²) in [4.78, 5) is 24.3. The first-order chi connectivity index (χ1) is 10.5. The molecule has 1 aromatic carbocycles. The van der Waals surface area contributed by atoms with Crippen LogP contribution in [0.2, 0.25) is 0 Å². The third-order valence-electron chi connectivity index (χ3n) is 3.54. The van der Waals surface area contributed by atoms with E-state index < -0.39 is 23.0 Å². The van der Waals surface area contributed by atoms with E-state index in [0.717, 1.165) is 5.56 Å². The number of benzene rings is 1. The van der Waals surface area contributed by atoms with Crippen LogP contribution < -0.4 is 0 Å². The van der Waals surface area contributed by atoms with Gasteiger partial charge in [-0.2, -0.15) is 0 Å². The second-order valence-corrected chi connectivity index (χ2v) is 7.61.